The van der Waals surface area contributed by atoms with Gasteiger partial charge in [0.2, 0.25) is 0 Å². The van der Waals surface area contributed by atoms with Crippen molar-refractivity contribution in [1.82, 2.24) is 24.8 Å². The van der Waals surface area contributed by atoms with Gasteiger partial charge in [-0.25, -0.2) is 9.50 Å². The van der Waals surface area contributed by atoms with Crippen LogP contribution in [0, 0.1) is 20.8 Å². The number of carbonyl (C=O) groups excluding carboxylic acids is 1. The van der Waals surface area contributed by atoms with Crippen LogP contribution in [0.25, 0.3) is 5.65 Å². The smallest absolute Gasteiger partial charge is 0.257 e. The van der Waals surface area contributed by atoms with E-state index in [-0.39, 0.29) is 5.91 Å². The Morgan fingerprint density at radius 1 is 1.19 bits per heavy atom. The average Bonchev–Trinajstić information content (AvgIpc) is 2.96. The van der Waals surface area contributed by atoms with Crippen molar-refractivity contribution in [2.75, 3.05) is 13.6 Å². The summed E-state index contributed by atoms with van der Waals surface area (Å²) in [7, 11) is 2.10. The van der Waals surface area contributed by atoms with Crippen LogP contribution in [0.2, 0.25) is 0 Å². The molecule has 6 nitrogen and oxygen atoms in total. The van der Waals surface area contributed by atoms with Gasteiger partial charge in [-0.3, -0.25) is 4.79 Å². The van der Waals surface area contributed by atoms with E-state index in [0.717, 1.165) is 30.0 Å². The number of aryl methyl sites for hydroxylation is 3. The summed E-state index contributed by atoms with van der Waals surface area (Å²) in [5, 5.41) is 7.50. The molecular formula is C21H27N5O. The second kappa shape index (κ2) is 7.88. The van der Waals surface area contributed by atoms with E-state index in [2.05, 4.69) is 46.4 Å². The molecule has 6 heteroatoms. The first kappa shape index (κ1) is 19.0. The Kier molecular flexibility index (Phi) is 5.56. The van der Waals surface area contributed by atoms with Crippen molar-refractivity contribution in [1.29, 1.82) is 0 Å². The molecule has 2 aromatic heterocycles. The Morgan fingerprint density at radius 3 is 2.67 bits per heavy atom. The third kappa shape index (κ3) is 4.17. The first-order valence-corrected chi connectivity index (χ1v) is 9.27. The molecule has 0 atom stereocenters. The van der Waals surface area contributed by atoms with Crippen LogP contribution in [0.3, 0.4) is 0 Å². The van der Waals surface area contributed by atoms with E-state index in [1.54, 1.807) is 4.52 Å². The second-order valence-corrected chi connectivity index (χ2v) is 7.07. The number of hydrogen-bond acceptors (Lipinski definition) is 4. The minimum atomic E-state index is -0.143. The van der Waals surface area contributed by atoms with Gasteiger partial charge in [-0.1, -0.05) is 31.2 Å². The Labute approximate surface area is 160 Å². The van der Waals surface area contributed by atoms with Crippen LogP contribution in [-0.4, -0.2) is 39.0 Å². The largest absolute Gasteiger partial charge is 0.348 e. The predicted molar refractivity (Wildman–Crippen MR) is 107 cm³/mol. The molecule has 0 aliphatic heterocycles. The molecule has 3 aromatic rings. The number of fused-ring (bicyclic) bond motifs is 1. The van der Waals surface area contributed by atoms with Gasteiger partial charge in [-0.05, 0) is 51.6 Å². The Morgan fingerprint density at radius 2 is 1.93 bits per heavy atom. The molecule has 0 aliphatic carbocycles. The predicted octanol–water partition coefficient (Wildman–Crippen LogP) is 3.04. The summed E-state index contributed by atoms with van der Waals surface area (Å²) >= 11 is 0. The van der Waals surface area contributed by atoms with E-state index < -0.39 is 0 Å². The zero-order chi connectivity index (χ0) is 19.6. The van der Waals surface area contributed by atoms with Crippen molar-refractivity contribution in [2.45, 2.75) is 40.8 Å². The highest BCUT2D eigenvalue weighted by atomic mass is 16.1. The number of aromatic nitrogens is 3. The normalized spacial score (nSPS) is 11.3. The first-order valence-electron chi connectivity index (χ1n) is 9.27. The molecule has 1 aromatic carbocycles. The summed E-state index contributed by atoms with van der Waals surface area (Å²) in [6, 6.07) is 10.3. The second-order valence-electron chi connectivity index (χ2n) is 7.07. The standard InChI is InChI=1S/C21H27N5O/c1-6-25(5)13-18-9-7-8-17(11-18)12-22-21(27)19-16(4)24-26-15(3)10-14(2)23-20(19)26/h7-11H,6,12-13H2,1-5H3,(H,22,27). The summed E-state index contributed by atoms with van der Waals surface area (Å²) in [6.07, 6.45) is 0. The van der Waals surface area contributed by atoms with Crippen LogP contribution in [-0.2, 0) is 13.1 Å². The van der Waals surface area contributed by atoms with E-state index >= 15 is 0 Å². The molecule has 0 bridgehead atoms. The Balaban J connectivity index is 1.78. The maximum Gasteiger partial charge on any atom is 0.257 e. The average molecular weight is 365 g/mol. The summed E-state index contributed by atoms with van der Waals surface area (Å²) in [5.41, 5.74) is 6.01. The molecule has 0 saturated carbocycles. The number of nitrogens with zero attached hydrogens (tertiary/aromatic N) is 4. The summed E-state index contributed by atoms with van der Waals surface area (Å²) in [5.74, 6) is -0.143. The van der Waals surface area contributed by atoms with Gasteiger partial charge in [0.05, 0.1) is 5.69 Å². The molecule has 3 rings (SSSR count). The van der Waals surface area contributed by atoms with Gasteiger partial charge in [0.25, 0.3) is 5.91 Å². The van der Waals surface area contributed by atoms with Crippen LogP contribution < -0.4 is 5.32 Å². The van der Waals surface area contributed by atoms with Gasteiger partial charge in [-0.2, -0.15) is 5.10 Å². The van der Waals surface area contributed by atoms with Crippen molar-refractivity contribution in [3.63, 3.8) is 0 Å². The molecule has 142 valence electrons. The van der Waals surface area contributed by atoms with Crippen LogP contribution in [0.15, 0.2) is 30.3 Å². The van der Waals surface area contributed by atoms with Gasteiger partial charge in [0.15, 0.2) is 5.65 Å². The lowest BCUT2D eigenvalue weighted by Crippen LogP contribution is -2.24. The molecule has 0 radical (unpaired) electrons. The monoisotopic (exact) mass is 365 g/mol. The summed E-state index contributed by atoms with van der Waals surface area (Å²) in [4.78, 5) is 19.6. The number of rotatable bonds is 6. The highest BCUT2D eigenvalue weighted by Gasteiger charge is 2.19. The van der Waals surface area contributed by atoms with Crippen LogP contribution in [0.1, 0.15) is 45.5 Å². The molecular weight excluding hydrogens is 338 g/mol. The number of hydrogen-bond donors (Lipinski definition) is 1. The molecule has 0 spiro atoms. The van der Waals surface area contributed by atoms with Crippen molar-refractivity contribution in [2.24, 2.45) is 0 Å². The molecule has 1 N–H and O–H groups in total. The van der Waals surface area contributed by atoms with Gasteiger partial charge in [0, 0.05) is 24.5 Å². The minimum absolute atomic E-state index is 0.143. The highest BCUT2D eigenvalue weighted by molar-refractivity contribution is 6.01. The quantitative estimate of drug-likeness (QED) is 0.729. The zero-order valence-corrected chi connectivity index (χ0v) is 16.7. The maximum atomic E-state index is 12.8. The van der Waals surface area contributed by atoms with Crippen molar-refractivity contribution in [3.05, 3.63) is 64.1 Å². The van der Waals surface area contributed by atoms with Gasteiger partial charge < -0.3 is 10.2 Å². The number of carbonyl (C=O) groups is 1. The molecule has 1 amide bonds. The van der Waals surface area contributed by atoms with E-state index in [9.17, 15) is 4.79 Å². The molecule has 0 aliphatic rings. The Bertz CT molecular complexity index is 976. The molecule has 0 saturated heterocycles. The number of benzene rings is 1. The molecule has 27 heavy (non-hydrogen) atoms. The lowest BCUT2D eigenvalue weighted by molar-refractivity contribution is 0.0951. The van der Waals surface area contributed by atoms with Gasteiger partial charge >= 0.3 is 0 Å². The zero-order valence-electron chi connectivity index (χ0n) is 16.7. The molecule has 0 unspecified atom stereocenters. The topological polar surface area (TPSA) is 62.5 Å². The van der Waals surface area contributed by atoms with E-state index in [4.69, 9.17) is 0 Å². The number of amides is 1. The molecule has 0 fully saturated rings. The van der Waals surface area contributed by atoms with Crippen LogP contribution >= 0.6 is 0 Å². The summed E-state index contributed by atoms with van der Waals surface area (Å²) in [6.45, 7) is 10.3. The molecule has 2 heterocycles. The fourth-order valence-electron chi connectivity index (χ4n) is 3.23. The maximum absolute atomic E-state index is 12.8. The summed E-state index contributed by atoms with van der Waals surface area (Å²) < 4.78 is 1.73. The highest BCUT2D eigenvalue weighted by Crippen LogP contribution is 2.16. The van der Waals surface area contributed by atoms with Crippen LogP contribution in [0.5, 0.6) is 0 Å². The van der Waals surface area contributed by atoms with E-state index in [1.807, 2.05) is 39.0 Å². The number of nitrogens with one attached hydrogen (secondary N) is 1. The van der Waals surface area contributed by atoms with Crippen molar-refractivity contribution >= 4 is 11.6 Å². The first-order chi connectivity index (χ1) is 12.9. The van der Waals surface area contributed by atoms with Crippen molar-refractivity contribution in [3.8, 4) is 0 Å². The Hall–Kier alpha value is -2.73. The van der Waals surface area contributed by atoms with Gasteiger partial charge in [-0.15, -0.1) is 0 Å². The van der Waals surface area contributed by atoms with Crippen molar-refractivity contribution < 1.29 is 4.79 Å². The minimum Gasteiger partial charge on any atom is -0.348 e. The third-order valence-electron chi connectivity index (χ3n) is 4.73. The van der Waals surface area contributed by atoms with Gasteiger partial charge in [0.1, 0.15) is 5.56 Å². The SMILES string of the molecule is CCN(C)Cc1cccc(CNC(=O)c2c(C)nn3c(C)cc(C)nc23)c1. The lowest BCUT2D eigenvalue weighted by atomic mass is 10.1. The van der Waals surface area contributed by atoms with E-state index in [1.165, 1.54) is 5.56 Å². The van der Waals surface area contributed by atoms with Crippen LogP contribution in [0.4, 0.5) is 0 Å². The fraction of sp³-hybridized carbons (Fsp3) is 0.381. The third-order valence-corrected chi connectivity index (χ3v) is 4.73. The lowest BCUT2D eigenvalue weighted by Gasteiger charge is -2.14. The fourth-order valence-corrected chi connectivity index (χ4v) is 3.23. The van der Waals surface area contributed by atoms with E-state index in [0.29, 0.717) is 23.4 Å².